The molecule has 1 aromatic carbocycles. The van der Waals surface area contributed by atoms with E-state index < -0.39 is 0 Å². The monoisotopic (exact) mass is 259 g/mol. The van der Waals surface area contributed by atoms with E-state index in [0.717, 1.165) is 5.56 Å². The lowest BCUT2D eigenvalue weighted by Gasteiger charge is -2.17. The van der Waals surface area contributed by atoms with Crippen LogP contribution >= 0.6 is 0 Å². The zero-order chi connectivity index (χ0) is 13.7. The first-order valence-corrected chi connectivity index (χ1v) is 6.09. The fraction of sp³-hybridized carbons (Fsp3) is 0.286. The van der Waals surface area contributed by atoms with Crippen LogP contribution in [0.5, 0.6) is 5.88 Å². The first-order chi connectivity index (χ1) is 9.24. The van der Waals surface area contributed by atoms with Gasteiger partial charge in [0.25, 0.3) is 5.56 Å². The Balaban J connectivity index is 2.26. The summed E-state index contributed by atoms with van der Waals surface area (Å²) in [6.45, 7) is 0.455. The summed E-state index contributed by atoms with van der Waals surface area (Å²) >= 11 is 0. The smallest absolute Gasteiger partial charge is 0.267 e. The third-order valence-corrected chi connectivity index (χ3v) is 2.96. The van der Waals surface area contributed by atoms with Crippen molar-refractivity contribution in [3.05, 3.63) is 58.4 Å². The van der Waals surface area contributed by atoms with Crippen LogP contribution < -0.4 is 15.6 Å². The zero-order valence-electron chi connectivity index (χ0n) is 11.0. The van der Waals surface area contributed by atoms with Crippen molar-refractivity contribution in [1.82, 2.24) is 15.1 Å². The van der Waals surface area contributed by atoms with E-state index in [2.05, 4.69) is 10.4 Å². The summed E-state index contributed by atoms with van der Waals surface area (Å²) in [6.07, 6.45) is 0. The number of nitrogens with one attached hydrogen (secondary N) is 1. The third-order valence-electron chi connectivity index (χ3n) is 2.96. The van der Waals surface area contributed by atoms with E-state index in [1.54, 1.807) is 6.07 Å². The van der Waals surface area contributed by atoms with Crippen molar-refractivity contribution in [2.45, 2.75) is 12.6 Å². The van der Waals surface area contributed by atoms with Crippen LogP contribution in [0, 0.1) is 0 Å². The van der Waals surface area contributed by atoms with Crippen molar-refractivity contribution in [2.75, 3.05) is 14.2 Å². The molecule has 2 rings (SSSR count). The number of hydrogen-bond acceptors (Lipinski definition) is 4. The summed E-state index contributed by atoms with van der Waals surface area (Å²) in [7, 11) is 3.40. The molecule has 0 saturated carbocycles. The molecule has 0 radical (unpaired) electrons. The summed E-state index contributed by atoms with van der Waals surface area (Å²) in [5, 5.41) is 7.34. The number of hydrogen-bond donors (Lipinski definition) is 1. The molecule has 19 heavy (non-hydrogen) atoms. The van der Waals surface area contributed by atoms with Crippen molar-refractivity contribution in [2.24, 2.45) is 0 Å². The van der Waals surface area contributed by atoms with Gasteiger partial charge in [-0.1, -0.05) is 30.3 Å². The summed E-state index contributed by atoms with van der Waals surface area (Å²) in [6, 6.07) is 13.0. The largest absolute Gasteiger partial charge is 0.480 e. The summed E-state index contributed by atoms with van der Waals surface area (Å²) in [5.74, 6) is 0.433. The van der Waals surface area contributed by atoms with Crippen molar-refractivity contribution in [3.63, 3.8) is 0 Å². The maximum Gasteiger partial charge on any atom is 0.267 e. The van der Waals surface area contributed by atoms with E-state index in [4.69, 9.17) is 4.74 Å². The molecule has 0 aliphatic rings. The molecule has 5 nitrogen and oxygen atoms in total. The van der Waals surface area contributed by atoms with Crippen LogP contribution in [0.4, 0.5) is 0 Å². The minimum atomic E-state index is -0.142. The van der Waals surface area contributed by atoms with E-state index in [1.165, 1.54) is 17.9 Å². The molecule has 100 valence electrons. The van der Waals surface area contributed by atoms with Crippen molar-refractivity contribution in [3.8, 4) is 5.88 Å². The number of benzene rings is 1. The zero-order valence-corrected chi connectivity index (χ0v) is 11.0. The minimum Gasteiger partial charge on any atom is -0.480 e. The Kier molecular flexibility index (Phi) is 4.30. The summed E-state index contributed by atoms with van der Waals surface area (Å²) in [5.41, 5.74) is 0.971. The molecule has 0 aliphatic carbocycles. The van der Waals surface area contributed by atoms with Gasteiger partial charge in [0, 0.05) is 12.1 Å². The van der Waals surface area contributed by atoms with Gasteiger partial charge in [-0.3, -0.25) is 4.79 Å². The van der Waals surface area contributed by atoms with Crippen LogP contribution in [-0.2, 0) is 6.54 Å². The molecule has 2 aromatic rings. The lowest BCUT2D eigenvalue weighted by Crippen LogP contribution is -2.30. The summed E-state index contributed by atoms with van der Waals surface area (Å²) in [4.78, 5) is 11.8. The van der Waals surface area contributed by atoms with Crippen LogP contribution in [0.25, 0.3) is 0 Å². The van der Waals surface area contributed by atoms with Gasteiger partial charge in [-0.15, -0.1) is 5.10 Å². The standard InChI is InChI=1S/C14H17N3O2/c1-15-12(11-6-4-3-5-7-11)10-17-14(18)9-8-13(16-17)19-2/h3-9,12,15H,10H2,1-2H3. The van der Waals surface area contributed by atoms with Gasteiger partial charge in [0.05, 0.1) is 19.7 Å². The fourth-order valence-electron chi connectivity index (χ4n) is 1.89. The summed E-state index contributed by atoms with van der Waals surface area (Å²) < 4.78 is 6.45. The molecule has 1 heterocycles. The van der Waals surface area contributed by atoms with Crippen molar-refractivity contribution < 1.29 is 4.74 Å². The number of aromatic nitrogens is 2. The van der Waals surface area contributed by atoms with Gasteiger partial charge < -0.3 is 10.1 Å². The molecule has 0 aliphatic heterocycles. The topological polar surface area (TPSA) is 56.1 Å². The highest BCUT2D eigenvalue weighted by Gasteiger charge is 2.11. The molecule has 5 heteroatoms. The van der Waals surface area contributed by atoms with Crippen LogP contribution in [0.15, 0.2) is 47.3 Å². The van der Waals surface area contributed by atoms with E-state index in [-0.39, 0.29) is 11.6 Å². The van der Waals surface area contributed by atoms with Gasteiger partial charge in [-0.25, -0.2) is 4.68 Å². The number of methoxy groups -OCH3 is 1. The highest BCUT2D eigenvalue weighted by atomic mass is 16.5. The van der Waals surface area contributed by atoms with Crippen molar-refractivity contribution in [1.29, 1.82) is 0 Å². The van der Waals surface area contributed by atoms with Gasteiger partial charge in [0.1, 0.15) is 0 Å². The number of likely N-dealkylation sites (N-methyl/N-ethyl adjacent to an activating group) is 1. The second-order valence-corrected chi connectivity index (χ2v) is 4.15. The lowest BCUT2D eigenvalue weighted by molar-refractivity contribution is 0.364. The van der Waals surface area contributed by atoms with Gasteiger partial charge in [-0.2, -0.15) is 0 Å². The van der Waals surface area contributed by atoms with Crippen LogP contribution in [0.3, 0.4) is 0 Å². The Morgan fingerprint density at radius 3 is 2.63 bits per heavy atom. The fourth-order valence-corrected chi connectivity index (χ4v) is 1.89. The SMILES string of the molecule is CNC(Cn1nc(OC)ccc1=O)c1ccccc1. The van der Waals surface area contributed by atoms with Crippen LogP contribution in [0.1, 0.15) is 11.6 Å². The van der Waals surface area contributed by atoms with Gasteiger partial charge in [-0.05, 0) is 12.6 Å². The molecular weight excluding hydrogens is 242 g/mol. The minimum absolute atomic E-state index is 0.0264. The molecule has 0 fully saturated rings. The maximum atomic E-state index is 11.8. The van der Waals surface area contributed by atoms with Crippen LogP contribution in [-0.4, -0.2) is 23.9 Å². The molecule has 0 amide bonds. The highest BCUT2D eigenvalue weighted by Crippen LogP contribution is 2.13. The Labute approximate surface area is 111 Å². The molecule has 0 spiro atoms. The highest BCUT2D eigenvalue weighted by molar-refractivity contribution is 5.18. The predicted octanol–water partition coefficient (Wildman–Crippen LogP) is 1.21. The third kappa shape index (κ3) is 3.20. The number of ether oxygens (including phenoxy) is 1. The first kappa shape index (κ1) is 13.3. The van der Waals surface area contributed by atoms with Gasteiger partial charge >= 0.3 is 0 Å². The van der Waals surface area contributed by atoms with E-state index in [1.807, 2.05) is 37.4 Å². The molecule has 1 unspecified atom stereocenters. The second-order valence-electron chi connectivity index (χ2n) is 4.15. The first-order valence-electron chi connectivity index (χ1n) is 6.09. The maximum absolute atomic E-state index is 11.8. The van der Waals surface area contributed by atoms with Crippen LogP contribution in [0.2, 0.25) is 0 Å². The molecule has 1 atom stereocenters. The number of nitrogens with zero attached hydrogens (tertiary/aromatic N) is 2. The Bertz CT molecular complexity index is 581. The molecule has 0 bridgehead atoms. The van der Waals surface area contributed by atoms with Gasteiger partial charge in [0.15, 0.2) is 0 Å². The normalized spacial score (nSPS) is 12.1. The van der Waals surface area contributed by atoms with E-state index in [0.29, 0.717) is 12.4 Å². The molecular formula is C14H17N3O2. The lowest BCUT2D eigenvalue weighted by atomic mass is 10.1. The Morgan fingerprint density at radius 1 is 1.26 bits per heavy atom. The molecule has 1 N–H and O–H groups in total. The number of rotatable bonds is 5. The van der Waals surface area contributed by atoms with Gasteiger partial charge in [0.2, 0.25) is 5.88 Å². The molecule has 0 saturated heterocycles. The Hall–Kier alpha value is -2.14. The van der Waals surface area contributed by atoms with Crippen molar-refractivity contribution >= 4 is 0 Å². The average Bonchev–Trinajstić information content (AvgIpc) is 2.47. The van der Waals surface area contributed by atoms with E-state index >= 15 is 0 Å². The van der Waals surface area contributed by atoms with E-state index in [9.17, 15) is 4.79 Å². The predicted molar refractivity (Wildman–Crippen MR) is 73.3 cm³/mol. The molecule has 1 aromatic heterocycles. The second kappa shape index (κ2) is 6.15. The average molecular weight is 259 g/mol. The quantitative estimate of drug-likeness (QED) is 0.877. The Morgan fingerprint density at radius 2 is 2.00 bits per heavy atom.